The highest BCUT2D eigenvalue weighted by Crippen LogP contribution is 2.39. The lowest BCUT2D eigenvalue weighted by molar-refractivity contribution is 0.408. The third-order valence-corrected chi connectivity index (χ3v) is 5.25. The summed E-state index contributed by atoms with van der Waals surface area (Å²) in [5.74, 6) is 0. The third kappa shape index (κ3) is 3.73. The summed E-state index contributed by atoms with van der Waals surface area (Å²) in [4.78, 5) is 11.2. The minimum atomic E-state index is 0.246. The first kappa shape index (κ1) is 16.4. The van der Waals surface area contributed by atoms with Crippen LogP contribution in [0.4, 0.5) is 11.4 Å². The van der Waals surface area contributed by atoms with E-state index in [0.717, 1.165) is 43.2 Å². The summed E-state index contributed by atoms with van der Waals surface area (Å²) in [7, 11) is 4.17. The molecule has 2 aliphatic heterocycles. The van der Waals surface area contributed by atoms with E-state index in [1.165, 1.54) is 5.69 Å². The number of likely N-dealkylation sites (N-methyl/N-ethyl adjacent to an activating group) is 1. The summed E-state index contributed by atoms with van der Waals surface area (Å²) in [6.45, 7) is 2.87. The second-order valence-electron chi connectivity index (χ2n) is 6.49. The van der Waals surface area contributed by atoms with Crippen molar-refractivity contribution in [1.82, 2.24) is 9.88 Å². The fourth-order valence-electron chi connectivity index (χ4n) is 3.20. The molecule has 1 unspecified atom stereocenters. The second-order valence-corrected chi connectivity index (χ2v) is 7.74. The minimum Gasteiger partial charge on any atom is -0.392 e. The van der Waals surface area contributed by atoms with Crippen LogP contribution >= 0.6 is 11.8 Å². The zero-order chi connectivity index (χ0) is 16.4. The van der Waals surface area contributed by atoms with E-state index in [1.54, 1.807) is 11.8 Å². The molecule has 2 atom stereocenters. The first-order valence-corrected chi connectivity index (χ1v) is 8.94. The maximum Gasteiger partial charge on any atom is 0.0982 e. The summed E-state index contributed by atoms with van der Waals surface area (Å²) in [6.07, 6.45) is 8.07. The van der Waals surface area contributed by atoms with Crippen LogP contribution in [0, 0.1) is 0 Å². The molecule has 1 saturated heterocycles. The van der Waals surface area contributed by atoms with Crippen molar-refractivity contribution in [3.63, 3.8) is 0 Å². The van der Waals surface area contributed by atoms with Crippen molar-refractivity contribution >= 4 is 23.1 Å². The molecule has 0 spiro atoms. The van der Waals surface area contributed by atoms with Crippen molar-refractivity contribution < 1.29 is 0 Å². The number of aromatic nitrogens is 1. The largest absolute Gasteiger partial charge is 0.392 e. The number of piperidine rings is 1. The fraction of sp³-hybridized carbons (Fsp3) is 0.562. The van der Waals surface area contributed by atoms with Crippen molar-refractivity contribution in [3.8, 4) is 0 Å². The smallest absolute Gasteiger partial charge is 0.0982 e. The molecule has 4 N–H and O–H groups in total. The van der Waals surface area contributed by atoms with E-state index < -0.39 is 0 Å². The zero-order valence-electron chi connectivity index (χ0n) is 13.9. The van der Waals surface area contributed by atoms with Crippen LogP contribution in [0.5, 0.6) is 0 Å². The molecule has 7 heteroatoms. The number of hydrogen-bond acceptors (Lipinski definition) is 7. The Labute approximate surface area is 142 Å². The fourth-order valence-corrected chi connectivity index (χ4v) is 4.35. The van der Waals surface area contributed by atoms with Crippen molar-refractivity contribution in [2.45, 2.75) is 24.3 Å². The lowest BCUT2D eigenvalue weighted by Crippen LogP contribution is -2.43. The van der Waals surface area contributed by atoms with Gasteiger partial charge in [-0.25, -0.2) is 0 Å². The van der Waals surface area contributed by atoms with Crippen LogP contribution in [0.1, 0.15) is 12.8 Å². The molecule has 2 aliphatic rings. The molecule has 1 fully saturated rings. The van der Waals surface area contributed by atoms with Crippen LogP contribution in [-0.4, -0.2) is 55.0 Å². The third-order valence-electron chi connectivity index (χ3n) is 4.22. The molecule has 6 nitrogen and oxygen atoms in total. The average Bonchev–Trinajstić information content (AvgIpc) is 2.87. The molecule has 3 rings (SSSR count). The van der Waals surface area contributed by atoms with Gasteiger partial charge in [-0.05, 0) is 33.0 Å². The topological polar surface area (TPSA) is 74.7 Å². The monoisotopic (exact) mass is 334 g/mol. The van der Waals surface area contributed by atoms with Crippen LogP contribution in [0.15, 0.2) is 29.7 Å². The summed E-state index contributed by atoms with van der Waals surface area (Å²) >= 11 is 1.70. The van der Waals surface area contributed by atoms with Crippen molar-refractivity contribution in [2.24, 2.45) is 11.5 Å². The van der Waals surface area contributed by atoms with Crippen LogP contribution in [-0.2, 0) is 0 Å². The quantitative estimate of drug-likeness (QED) is 0.857. The molecule has 3 heterocycles. The number of thioether (sulfide) groups is 1. The second kappa shape index (κ2) is 6.98. The predicted octanol–water partition coefficient (Wildman–Crippen LogP) is 1.21. The molecule has 126 valence electrons. The van der Waals surface area contributed by atoms with Gasteiger partial charge in [-0.15, -0.1) is 0 Å². The van der Waals surface area contributed by atoms with Gasteiger partial charge < -0.3 is 26.2 Å². The van der Waals surface area contributed by atoms with Crippen molar-refractivity contribution in [3.05, 3.63) is 29.7 Å². The van der Waals surface area contributed by atoms with Gasteiger partial charge in [0.05, 0.1) is 28.0 Å². The Morgan fingerprint density at radius 2 is 2.22 bits per heavy atom. The zero-order valence-corrected chi connectivity index (χ0v) is 14.7. The molecule has 1 aromatic rings. The highest BCUT2D eigenvalue weighted by Gasteiger charge is 2.29. The summed E-state index contributed by atoms with van der Waals surface area (Å²) < 4.78 is 0. The van der Waals surface area contributed by atoms with Crippen LogP contribution < -0.4 is 21.3 Å². The van der Waals surface area contributed by atoms with Gasteiger partial charge in [-0.1, -0.05) is 11.8 Å². The normalized spacial score (nSPS) is 25.1. The van der Waals surface area contributed by atoms with Crippen LogP contribution in [0.3, 0.4) is 0 Å². The first-order valence-electron chi connectivity index (χ1n) is 8.06. The first-order chi connectivity index (χ1) is 11.0. The van der Waals surface area contributed by atoms with E-state index in [-0.39, 0.29) is 11.4 Å². The maximum atomic E-state index is 6.17. The van der Waals surface area contributed by atoms with Gasteiger partial charge in [0.1, 0.15) is 0 Å². The molecule has 0 radical (unpaired) electrons. The van der Waals surface area contributed by atoms with Gasteiger partial charge in [0.2, 0.25) is 0 Å². The highest BCUT2D eigenvalue weighted by molar-refractivity contribution is 8.04. The molecule has 1 aromatic heterocycles. The Bertz CT molecular complexity index is 575. The van der Waals surface area contributed by atoms with Gasteiger partial charge in [0.25, 0.3) is 0 Å². The number of nitrogens with zero attached hydrogens (tertiary/aromatic N) is 4. The number of nitrogens with two attached hydrogens (primary N) is 2. The Morgan fingerprint density at radius 3 is 2.96 bits per heavy atom. The van der Waals surface area contributed by atoms with Gasteiger partial charge in [0.15, 0.2) is 0 Å². The Kier molecular flexibility index (Phi) is 4.99. The standard InChI is InChI=1S/C16H26N6S/c1-20(2)11-16-22(10-15(18)23-16)14-8-19-6-5-13(14)21-7-3-4-12(17)9-21/h5-6,8,10,12,16H,3-4,7,9,11,17-18H2,1-2H3/t12?,16-/m0/s1. The van der Waals surface area contributed by atoms with Gasteiger partial charge >= 0.3 is 0 Å². The van der Waals surface area contributed by atoms with E-state index in [9.17, 15) is 0 Å². The van der Waals surface area contributed by atoms with Crippen LogP contribution in [0.2, 0.25) is 0 Å². The number of anilines is 2. The lowest BCUT2D eigenvalue weighted by Gasteiger charge is -2.36. The Balaban J connectivity index is 1.89. The van der Waals surface area contributed by atoms with E-state index in [1.807, 2.05) is 18.6 Å². The molecule has 0 bridgehead atoms. The number of hydrogen-bond donors (Lipinski definition) is 2. The highest BCUT2D eigenvalue weighted by atomic mass is 32.2. The average molecular weight is 334 g/mol. The number of pyridine rings is 1. The SMILES string of the molecule is CN(C)C[C@@H]1SC(N)=CN1c1cnccc1N1CCCC(N)C1. The molecule has 0 aromatic carbocycles. The number of rotatable bonds is 4. The molecule has 0 aliphatic carbocycles. The van der Waals surface area contributed by atoms with Crippen LogP contribution in [0.25, 0.3) is 0 Å². The van der Waals surface area contributed by atoms with E-state index in [0.29, 0.717) is 0 Å². The van der Waals surface area contributed by atoms with E-state index in [4.69, 9.17) is 11.5 Å². The van der Waals surface area contributed by atoms with Crippen molar-refractivity contribution in [1.29, 1.82) is 0 Å². The van der Waals surface area contributed by atoms with E-state index in [2.05, 4.69) is 39.8 Å². The summed E-state index contributed by atoms with van der Waals surface area (Å²) in [6, 6.07) is 2.34. The summed E-state index contributed by atoms with van der Waals surface area (Å²) in [5, 5.41) is 1.12. The Hall–Kier alpha value is -1.44. The Morgan fingerprint density at radius 1 is 1.39 bits per heavy atom. The maximum absolute atomic E-state index is 6.17. The van der Waals surface area contributed by atoms with Gasteiger partial charge in [-0.2, -0.15) is 0 Å². The molecule has 23 heavy (non-hydrogen) atoms. The molecular formula is C16H26N6S. The van der Waals surface area contributed by atoms with Crippen molar-refractivity contribution in [2.75, 3.05) is 43.5 Å². The molecular weight excluding hydrogens is 308 g/mol. The lowest BCUT2D eigenvalue weighted by atomic mass is 10.1. The van der Waals surface area contributed by atoms with Gasteiger partial charge in [-0.3, -0.25) is 4.98 Å². The molecule has 0 amide bonds. The van der Waals surface area contributed by atoms with Gasteiger partial charge in [0, 0.05) is 38.1 Å². The summed E-state index contributed by atoms with van der Waals surface area (Å²) in [5.41, 5.74) is 14.6. The predicted molar refractivity (Wildman–Crippen MR) is 98.3 cm³/mol. The van der Waals surface area contributed by atoms with E-state index >= 15 is 0 Å². The minimum absolute atomic E-state index is 0.246. The molecule has 0 saturated carbocycles.